The van der Waals surface area contributed by atoms with Crippen LogP contribution in [0.2, 0.25) is 19.6 Å². The zero-order valence-corrected chi connectivity index (χ0v) is 14.9. The van der Waals surface area contributed by atoms with E-state index in [2.05, 4.69) is 31.9 Å². The first-order valence-electron chi connectivity index (χ1n) is 8.48. The molecular weight excluding hydrogens is 276 g/mol. The van der Waals surface area contributed by atoms with Crippen LogP contribution in [0.3, 0.4) is 0 Å². The lowest BCUT2D eigenvalue weighted by Crippen LogP contribution is -2.24. The largest absolute Gasteiger partial charge is 0.459 e. The van der Waals surface area contributed by atoms with Crippen molar-refractivity contribution >= 4 is 14.0 Å². The smallest absolute Gasteiger partial charge is 0.334 e. The molecule has 0 aliphatic heterocycles. The molecular formula is C18H30O2Si. The Kier molecular flexibility index (Phi) is 5.47. The molecule has 0 bridgehead atoms. The van der Waals surface area contributed by atoms with Crippen LogP contribution in [0.15, 0.2) is 23.4 Å². The zero-order chi connectivity index (χ0) is 15.5. The van der Waals surface area contributed by atoms with E-state index in [1.807, 2.05) is 0 Å². The highest BCUT2D eigenvalue weighted by Gasteiger charge is 2.30. The Morgan fingerprint density at radius 3 is 2.43 bits per heavy atom. The molecule has 0 radical (unpaired) electrons. The Labute approximate surface area is 130 Å². The Hall–Kier alpha value is -0.833. The van der Waals surface area contributed by atoms with Crippen LogP contribution >= 0.6 is 0 Å². The van der Waals surface area contributed by atoms with Crippen molar-refractivity contribution in [2.75, 3.05) is 0 Å². The minimum Gasteiger partial charge on any atom is -0.459 e. The first-order valence-corrected chi connectivity index (χ1v) is 12.1. The lowest BCUT2D eigenvalue weighted by atomic mass is 9.95. The summed E-state index contributed by atoms with van der Waals surface area (Å²) in [6.07, 6.45) is 9.22. The van der Waals surface area contributed by atoms with Crippen molar-refractivity contribution in [3.8, 4) is 0 Å². The first kappa shape index (κ1) is 16.5. The number of carbonyl (C=O) groups excluding carboxylic acids is 1. The van der Waals surface area contributed by atoms with Gasteiger partial charge in [0.15, 0.2) is 0 Å². The first-order chi connectivity index (χ1) is 9.87. The van der Waals surface area contributed by atoms with E-state index < -0.39 is 8.07 Å². The molecule has 2 aliphatic carbocycles. The second-order valence-electron chi connectivity index (χ2n) is 7.72. The molecule has 2 nitrogen and oxygen atoms in total. The maximum Gasteiger partial charge on any atom is 0.334 e. The van der Waals surface area contributed by atoms with Gasteiger partial charge in [-0.3, -0.25) is 0 Å². The number of hydrogen-bond donors (Lipinski definition) is 0. The van der Waals surface area contributed by atoms with Gasteiger partial charge in [0, 0.05) is 11.5 Å². The van der Waals surface area contributed by atoms with Crippen molar-refractivity contribution in [3.05, 3.63) is 23.4 Å². The van der Waals surface area contributed by atoms with Crippen LogP contribution in [-0.4, -0.2) is 20.1 Å². The molecule has 1 unspecified atom stereocenters. The highest BCUT2D eigenvalue weighted by Crippen LogP contribution is 2.37. The third kappa shape index (κ3) is 4.84. The summed E-state index contributed by atoms with van der Waals surface area (Å²) in [5.74, 6) is 0.100. The number of ether oxygens (including phenoxy) is 1. The molecule has 0 saturated heterocycles. The van der Waals surface area contributed by atoms with E-state index in [0.29, 0.717) is 5.57 Å². The van der Waals surface area contributed by atoms with E-state index >= 15 is 0 Å². The summed E-state index contributed by atoms with van der Waals surface area (Å²) in [7, 11) is -1.24. The van der Waals surface area contributed by atoms with Crippen LogP contribution in [0.5, 0.6) is 0 Å². The summed E-state index contributed by atoms with van der Waals surface area (Å²) < 4.78 is 5.69. The molecule has 0 N–H and O–H groups in total. The van der Waals surface area contributed by atoms with Crippen LogP contribution in [-0.2, 0) is 9.53 Å². The molecule has 1 atom stereocenters. The molecule has 21 heavy (non-hydrogen) atoms. The van der Waals surface area contributed by atoms with Crippen molar-refractivity contribution < 1.29 is 9.53 Å². The minimum atomic E-state index is -1.24. The van der Waals surface area contributed by atoms with Crippen LogP contribution in [0, 0.1) is 5.92 Å². The van der Waals surface area contributed by atoms with Crippen LogP contribution < -0.4 is 0 Å². The minimum absolute atomic E-state index is 0.133. The quantitative estimate of drug-likeness (QED) is 0.414. The summed E-state index contributed by atoms with van der Waals surface area (Å²) in [6.45, 7) is 11.1. The number of hydrogen-bond acceptors (Lipinski definition) is 2. The summed E-state index contributed by atoms with van der Waals surface area (Å²) in [5, 5.41) is 0. The second-order valence-corrected chi connectivity index (χ2v) is 12.7. The molecule has 0 aromatic carbocycles. The second kappa shape index (κ2) is 6.95. The van der Waals surface area contributed by atoms with Crippen molar-refractivity contribution in [2.24, 2.45) is 5.92 Å². The van der Waals surface area contributed by atoms with Gasteiger partial charge in [0.2, 0.25) is 0 Å². The van der Waals surface area contributed by atoms with Crippen molar-refractivity contribution in [2.45, 2.75) is 77.1 Å². The number of rotatable bonds is 4. The van der Waals surface area contributed by atoms with Crippen LogP contribution in [0.25, 0.3) is 0 Å². The SMILES string of the molecule is C=C(C(=O)OC1CCCCC1)C1CCC/C1=C\[Si](C)(C)C. The summed E-state index contributed by atoms with van der Waals surface area (Å²) in [4.78, 5) is 12.4. The summed E-state index contributed by atoms with van der Waals surface area (Å²) >= 11 is 0. The van der Waals surface area contributed by atoms with Gasteiger partial charge in [-0.15, -0.1) is 0 Å². The Bertz CT molecular complexity index is 425. The van der Waals surface area contributed by atoms with Gasteiger partial charge in [-0.2, -0.15) is 0 Å². The van der Waals surface area contributed by atoms with E-state index in [4.69, 9.17) is 4.74 Å². The molecule has 0 heterocycles. The van der Waals surface area contributed by atoms with E-state index in [0.717, 1.165) is 25.7 Å². The van der Waals surface area contributed by atoms with Crippen LogP contribution in [0.4, 0.5) is 0 Å². The summed E-state index contributed by atoms with van der Waals surface area (Å²) in [6, 6.07) is 0. The van der Waals surface area contributed by atoms with Crippen molar-refractivity contribution in [3.63, 3.8) is 0 Å². The van der Waals surface area contributed by atoms with Crippen molar-refractivity contribution in [1.29, 1.82) is 0 Å². The molecule has 2 saturated carbocycles. The standard InChI is InChI=1S/C18H30O2Si/c1-14(18(19)20-16-10-6-5-7-11-16)17-12-8-9-15(17)13-21(2,3)4/h13,16-17H,1,5-12H2,2-4H3/b15-13+. The third-order valence-electron chi connectivity index (χ3n) is 4.53. The Balaban J connectivity index is 1.97. The molecule has 2 aliphatic rings. The fraction of sp³-hybridized carbons (Fsp3) is 0.722. The molecule has 0 aromatic rings. The Morgan fingerprint density at radius 1 is 1.14 bits per heavy atom. The number of carbonyl (C=O) groups is 1. The lowest BCUT2D eigenvalue weighted by Gasteiger charge is -2.24. The van der Waals surface area contributed by atoms with E-state index in [1.165, 1.54) is 31.3 Å². The van der Waals surface area contributed by atoms with Gasteiger partial charge < -0.3 is 4.74 Å². The average molecular weight is 307 g/mol. The van der Waals surface area contributed by atoms with Gasteiger partial charge in [0.05, 0.1) is 8.07 Å². The Morgan fingerprint density at radius 2 is 1.81 bits per heavy atom. The molecule has 3 heteroatoms. The van der Waals surface area contributed by atoms with E-state index in [9.17, 15) is 4.79 Å². The fourth-order valence-electron chi connectivity index (χ4n) is 3.55. The average Bonchev–Trinajstić information content (AvgIpc) is 2.84. The highest BCUT2D eigenvalue weighted by molar-refractivity contribution is 6.81. The maximum absolute atomic E-state index is 12.4. The van der Waals surface area contributed by atoms with E-state index in [-0.39, 0.29) is 18.0 Å². The van der Waals surface area contributed by atoms with Crippen molar-refractivity contribution in [1.82, 2.24) is 0 Å². The number of esters is 1. The molecule has 2 fully saturated rings. The zero-order valence-electron chi connectivity index (χ0n) is 13.9. The normalized spacial score (nSPS) is 26.0. The third-order valence-corrected chi connectivity index (χ3v) is 5.77. The molecule has 0 aromatic heterocycles. The van der Waals surface area contributed by atoms with Gasteiger partial charge in [-0.25, -0.2) is 4.79 Å². The van der Waals surface area contributed by atoms with E-state index in [1.54, 1.807) is 0 Å². The lowest BCUT2D eigenvalue weighted by molar-refractivity contribution is -0.146. The molecule has 118 valence electrons. The monoisotopic (exact) mass is 306 g/mol. The van der Waals surface area contributed by atoms with Gasteiger partial charge >= 0.3 is 5.97 Å². The van der Waals surface area contributed by atoms with Gasteiger partial charge in [0.25, 0.3) is 0 Å². The predicted octanol–water partition coefficient (Wildman–Crippen LogP) is 5.02. The van der Waals surface area contributed by atoms with Crippen LogP contribution in [0.1, 0.15) is 51.4 Å². The predicted molar refractivity (Wildman–Crippen MR) is 90.9 cm³/mol. The van der Waals surface area contributed by atoms with Gasteiger partial charge in [0.1, 0.15) is 6.10 Å². The molecule has 0 amide bonds. The maximum atomic E-state index is 12.4. The van der Waals surface area contributed by atoms with Gasteiger partial charge in [-0.05, 0) is 44.9 Å². The molecule has 2 rings (SSSR count). The molecule has 0 spiro atoms. The van der Waals surface area contributed by atoms with Gasteiger partial charge in [-0.1, -0.05) is 43.9 Å². The topological polar surface area (TPSA) is 26.3 Å². The number of allylic oxidation sites excluding steroid dienone is 1. The highest BCUT2D eigenvalue weighted by atomic mass is 28.3. The summed E-state index contributed by atoms with van der Waals surface area (Å²) in [5.41, 5.74) is 4.60. The fourth-order valence-corrected chi connectivity index (χ4v) is 5.01.